The molecule has 1 fully saturated rings. The number of likely N-dealkylation sites (N-methyl/N-ethyl adjacent to an activating group) is 1. The first-order valence-electron chi connectivity index (χ1n) is 7.18. The molecule has 0 bridgehead atoms. The van der Waals surface area contributed by atoms with Crippen molar-refractivity contribution >= 4 is 17.3 Å². The van der Waals surface area contributed by atoms with Gasteiger partial charge < -0.3 is 20.6 Å². The van der Waals surface area contributed by atoms with Gasteiger partial charge in [-0.3, -0.25) is 4.79 Å². The van der Waals surface area contributed by atoms with Crippen LogP contribution in [0.25, 0.3) is 0 Å². The molecular formula is C15H21N3O2. The molecule has 20 heavy (non-hydrogen) atoms. The van der Waals surface area contributed by atoms with Crippen LogP contribution >= 0.6 is 0 Å². The van der Waals surface area contributed by atoms with E-state index in [2.05, 4.69) is 4.90 Å². The zero-order chi connectivity index (χ0) is 14.3. The summed E-state index contributed by atoms with van der Waals surface area (Å²) in [5.41, 5.74) is 8.76. The summed E-state index contributed by atoms with van der Waals surface area (Å²) in [4.78, 5) is 15.8. The molecule has 2 aliphatic heterocycles. The third-order valence-corrected chi connectivity index (χ3v) is 4.48. The maximum atomic E-state index is 11.9. The van der Waals surface area contributed by atoms with Crippen LogP contribution in [0.15, 0.2) is 18.2 Å². The van der Waals surface area contributed by atoms with Crippen molar-refractivity contribution in [2.24, 2.45) is 5.73 Å². The first-order valence-corrected chi connectivity index (χ1v) is 7.18. The average molecular weight is 275 g/mol. The smallest absolute Gasteiger partial charge is 0.248 e. The number of piperidine rings is 1. The largest absolute Gasteiger partial charge is 0.394 e. The van der Waals surface area contributed by atoms with E-state index in [4.69, 9.17) is 5.73 Å². The number of hydrogen-bond donors (Lipinski definition) is 2. The highest BCUT2D eigenvalue weighted by Gasteiger charge is 2.33. The van der Waals surface area contributed by atoms with E-state index in [1.807, 2.05) is 18.2 Å². The third-order valence-electron chi connectivity index (χ3n) is 4.48. The quantitative estimate of drug-likeness (QED) is 0.845. The number of carbonyl (C=O) groups is 1. The SMILES string of the molecule is CN1C(=O)C(N)c2ccc(N3CCCCC3CO)cc21. The highest BCUT2D eigenvalue weighted by molar-refractivity contribution is 6.04. The molecule has 0 saturated carbocycles. The first-order chi connectivity index (χ1) is 9.63. The maximum absolute atomic E-state index is 11.9. The van der Waals surface area contributed by atoms with E-state index in [0.717, 1.165) is 42.7 Å². The second-order valence-electron chi connectivity index (χ2n) is 5.64. The fourth-order valence-electron chi connectivity index (χ4n) is 3.25. The van der Waals surface area contributed by atoms with Crippen LogP contribution < -0.4 is 15.5 Å². The molecule has 1 amide bonds. The van der Waals surface area contributed by atoms with Crippen molar-refractivity contribution in [3.8, 4) is 0 Å². The summed E-state index contributed by atoms with van der Waals surface area (Å²) in [6, 6.07) is 5.62. The lowest BCUT2D eigenvalue weighted by Crippen LogP contribution is -2.41. The number of fused-ring (bicyclic) bond motifs is 1. The van der Waals surface area contributed by atoms with Gasteiger partial charge in [0.2, 0.25) is 5.91 Å². The Bertz CT molecular complexity index is 532. The second kappa shape index (κ2) is 5.07. The van der Waals surface area contributed by atoms with Crippen LogP contribution in [0.3, 0.4) is 0 Å². The van der Waals surface area contributed by atoms with Gasteiger partial charge in [-0.05, 0) is 31.4 Å². The number of nitrogens with two attached hydrogens (primary N) is 1. The molecule has 108 valence electrons. The number of hydrogen-bond acceptors (Lipinski definition) is 4. The van der Waals surface area contributed by atoms with Crippen LogP contribution in [0.1, 0.15) is 30.9 Å². The predicted octanol–water partition coefficient (Wildman–Crippen LogP) is 1.01. The van der Waals surface area contributed by atoms with Crippen molar-refractivity contribution in [2.45, 2.75) is 31.3 Å². The zero-order valence-corrected chi connectivity index (χ0v) is 11.7. The fraction of sp³-hybridized carbons (Fsp3) is 0.533. The van der Waals surface area contributed by atoms with Crippen LogP contribution in [0, 0.1) is 0 Å². The summed E-state index contributed by atoms with van der Waals surface area (Å²) in [5.74, 6) is -0.0606. The summed E-state index contributed by atoms with van der Waals surface area (Å²) in [6.45, 7) is 1.12. The molecule has 2 atom stereocenters. The summed E-state index contributed by atoms with van der Waals surface area (Å²) in [7, 11) is 1.76. The number of nitrogens with zero attached hydrogens (tertiary/aromatic N) is 2. The molecule has 0 aliphatic carbocycles. The minimum Gasteiger partial charge on any atom is -0.394 e. The zero-order valence-electron chi connectivity index (χ0n) is 11.7. The molecule has 1 saturated heterocycles. The normalized spacial score (nSPS) is 26.1. The second-order valence-corrected chi connectivity index (χ2v) is 5.64. The highest BCUT2D eigenvalue weighted by atomic mass is 16.3. The fourth-order valence-corrected chi connectivity index (χ4v) is 3.25. The topological polar surface area (TPSA) is 69.8 Å². The van der Waals surface area contributed by atoms with Gasteiger partial charge in [-0.15, -0.1) is 0 Å². The average Bonchev–Trinajstić information content (AvgIpc) is 2.71. The number of anilines is 2. The molecule has 5 heteroatoms. The van der Waals surface area contributed by atoms with Crippen LogP contribution in [0.5, 0.6) is 0 Å². The molecule has 2 unspecified atom stereocenters. The number of carbonyl (C=O) groups excluding carboxylic acids is 1. The van der Waals surface area contributed by atoms with E-state index in [1.165, 1.54) is 0 Å². The number of aliphatic hydroxyl groups is 1. The lowest BCUT2D eigenvalue weighted by Gasteiger charge is -2.36. The van der Waals surface area contributed by atoms with Crippen LogP contribution in [0.4, 0.5) is 11.4 Å². The molecule has 0 radical (unpaired) electrons. The molecule has 2 heterocycles. The predicted molar refractivity (Wildman–Crippen MR) is 78.9 cm³/mol. The lowest BCUT2D eigenvalue weighted by atomic mass is 10.0. The summed E-state index contributed by atoms with van der Waals surface area (Å²) >= 11 is 0. The van der Waals surface area contributed by atoms with Crippen molar-refractivity contribution in [2.75, 3.05) is 30.0 Å². The Hall–Kier alpha value is -1.59. The van der Waals surface area contributed by atoms with Crippen LogP contribution in [0.2, 0.25) is 0 Å². The van der Waals surface area contributed by atoms with Gasteiger partial charge in [-0.1, -0.05) is 6.07 Å². The van der Waals surface area contributed by atoms with E-state index in [1.54, 1.807) is 11.9 Å². The molecule has 0 spiro atoms. The molecule has 1 aromatic rings. The summed E-state index contributed by atoms with van der Waals surface area (Å²) in [6.07, 6.45) is 3.32. The molecule has 1 aromatic carbocycles. The van der Waals surface area contributed by atoms with Crippen molar-refractivity contribution < 1.29 is 9.90 Å². The van der Waals surface area contributed by atoms with E-state index in [-0.39, 0.29) is 18.6 Å². The lowest BCUT2D eigenvalue weighted by molar-refractivity contribution is -0.118. The van der Waals surface area contributed by atoms with E-state index in [0.29, 0.717) is 0 Å². The number of amides is 1. The minimum absolute atomic E-state index is 0.0606. The molecule has 2 aliphatic rings. The Balaban J connectivity index is 1.95. The number of aliphatic hydroxyl groups excluding tert-OH is 1. The third kappa shape index (κ3) is 1.98. The van der Waals surface area contributed by atoms with Crippen molar-refractivity contribution in [1.29, 1.82) is 0 Å². The Labute approximate surface area is 119 Å². The van der Waals surface area contributed by atoms with E-state index < -0.39 is 6.04 Å². The Kier molecular flexibility index (Phi) is 3.40. The molecular weight excluding hydrogens is 254 g/mol. The van der Waals surface area contributed by atoms with Gasteiger partial charge in [-0.2, -0.15) is 0 Å². The monoisotopic (exact) mass is 275 g/mol. The van der Waals surface area contributed by atoms with Gasteiger partial charge >= 0.3 is 0 Å². The highest BCUT2D eigenvalue weighted by Crippen LogP contribution is 2.37. The van der Waals surface area contributed by atoms with Gasteiger partial charge in [0.1, 0.15) is 6.04 Å². The number of rotatable bonds is 2. The standard InChI is InChI=1S/C15H21N3O2/c1-17-13-8-10(5-6-12(13)14(16)15(17)20)18-7-3-2-4-11(18)9-19/h5-6,8,11,14,19H,2-4,7,9,16H2,1H3. The van der Waals surface area contributed by atoms with Crippen molar-refractivity contribution in [3.05, 3.63) is 23.8 Å². The maximum Gasteiger partial charge on any atom is 0.248 e. The van der Waals surface area contributed by atoms with Gasteiger partial charge in [0.15, 0.2) is 0 Å². The van der Waals surface area contributed by atoms with Crippen molar-refractivity contribution in [3.63, 3.8) is 0 Å². The first kappa shape index (κ1) is 13.4. The van der Waals surface area contributed by atoms with Gasteiger partial charge in [0.05, 0.1) is 18.3 Å². The Morgan fingerprint density at radius 1 is 1.40 bits per heavy atom. The van der Waals surface area contributed by atoms with Gasteiger partial charge in [0.25, 0.3) is 0 Å². The van der Waals surface area contributed by atoms with Gasteiger partial charge in [-0.25, -0.2) is 0 Å². The van der Waals surface area contributed by atoms with E-state index in [9.17, 15) is 9.90 Å². The number of benzene rings is 1. The summed E-state index contributed by atoms with van der Waals surface area (Å²) < 4.78 is 0. The minimum atomic E-state index is -0.543. The molecule has 0 aromatic heterocycles. The molecule has 5 nitrogen and oxygen atoms in total. The van der Waals surface area contributed by atoms with Gasteiger partial charge in [0, 0.05) is 24.8 Å². The van der Waals surface area contributed by atoms with Crippen molar-refractivity contribution in [1.82, 2.24) is 0 Å². The van der Waals surface area contributed by atoms with Crippen LogP contribution in [-0.4, -0.2) is 37.3 Å². The Morgan fingerprint density at radius 2 is 2.20 bits per heavy atom. The molecule has 3 N–H and O–H groups in total. The Morgan fingerprint density at radius 3 is 2.95 bits per heavy atom. The van der Waals surface area contributed by atoms with Crippen LogP contribution in [-0.2, 0) is 4.79 Å². The summed E-state index contributed by atoms with van der Waals surface area (Å²) in [5, 5.41) is 9.53. The molecule has 3 rings (SSSR count). The van der Waals surface area contributed by atoms with E-state index >= 15 is 0 Å².